The van der Waals surface area contributed by atoms with E-state index in [4.69, 9.17) is 18.9 Å². The Morgan fingerprint density at radius 1 is 0.848 bits per heavy atom. The van der Waals surface area contributed by atoms with Crippen LogP contribution in [0.15, 0.2) is 79.0 Å². The number of hydrogen-bond acceptors (Lipinski definition) is 9. The molecule has 0 radical (unpaired) electrons. The van der Waals surface area contributed by atoms with Gasteiger partial charge in [-0.15, -0.1) is 13.2 Å². The van der Waals surface area contributed by atoms with Gasteiger partial charge in [-0.25, -0.2) is 0 Å². The van der Waals surface area contributed by atoms with Gasteiger partial charge in [0, 0.05) is 49.6 Å². The lowest BCUT2D eigenvalue weighted by Crippen LogP contribution is -2.38. The highest BCUT2D eigenvalue weighted by molar-refractivity contribution is 5.49. The maximum atomic E-state index is 12.3. The van der Waals surface area contributed by atoms with Crippen LogP contribution in [-0.4, -0.2) is 52.7 Å². The smallest absolute Gasteiger partial charge is 0.490 e. The third-order valence-corrected chi connectivity index (χ3v) is 7.65. The average Bonchev–Trinajstić information content (AvgIpc) is 3.48. The van der Waals surface area contributed by atoms with E-state index in [0.717, 1.165) is 37.4 Å². The van der Waals surface area contributed by atoms with Gasteiger partial charge in [-0.2, -0.15) is 0 Å². The molecule has 3 aromatic carbocycles. The van der Waals surface area contributed by atoms with Gasteiger partial charge < -0.3 is 38.7 Å². The molecule has 14 heteroatoms. The Bertz CT molecular complexity index is 1600. The molecule has 4 aromatic rings. The predicted octanol–water partition coefficient (Wildman–Crippen LogP) is 6.55. The zero-order valence-corrected chi connectivity index (χ0v) is 24.6. The third-order valence-electron chi connectivity index (χ3n) is 7.65. The minimum atomic E-state index is -4.72. The van der Waals surface area contributed by atoms with Gasteiger partial charge in [0.2, 0.25) is 0 Å². The summed E-state index contributed by atoms with van der Waals surface area (Å²) in [5.41, 5.74) is 1.81. The van der Waals surface area contributed by atoms with Crippen LogP contribution in [0.1, 0.15) is 24.8 Å². The van der Waals surface area contributed by atoms with Crippen molar-refractivity contribution in [3.05, 3.63) is 94.7 Å². The first-order valence-corrected chi connectivity index (χ1v) is 14.8. The maximum absolute atomic E-state index is 12.3. The molecule has 3 heterocycles. The fourth-order valence-corrected chi connectivity index (χ4v) is 5.27. The Morgan fingerprint density at radius 3 is 2.15 bits per heavy atom. The molecule has 0 spiro atoms. The molecule has 242 valence electrons. The van der Waals surface area contributed by atoms with Crippen molar-refractivity contribution in [1.82, 2.24) is 9.55 Å². The van der Waals surface area contributed by atoms with E-state index < -0.39 is 11.3 Å². The molecular weight excluding hydrogens is 609 g/mol. The topological polar surface area (TPSA) is 110 Å². The molecule has 1 atom stereocenters. The molecule has 2 aliphatic rings. The predicted molar refractivity (Wildman–Crippen MR) is 160 cm³/mol. The highest BCUT2D eigenvalue weighted by atomic mass is 19.4. The van der Waals surface area contributed by atoms with E-state index in [2.05, 4.69) is 14.6 Å². The van der Waals surface area contributed by atoms with Crippen LogP contribution in [-0.2, 0) is 13.2 Å². The lowest BCUT2D eigenvalue weighted by atomic mass is 10.1. The van der Waals surface area contributed by atoms with Crippen LogP contribution in [0.2, 0.25) is 0 Å². The zero-order valence-electron chi connectivity index (χ0n) is 24.6. The summed E-state index contributed by atoms with van der Waals surface area (Å²) in [5.74, 6) is 1.57. The van der Waals surface area contributed by atoms with Gasteiger partial charge in [-0.3, -0.25) is 4.57 Å². The van der Waals surface area contributed by atoms with Gasteiger partial charge in [0.25, 0.3) is 0 Å². The zero-order chi connectivity index (χ0) is 32.1. The van der Waals surface area contributed by atoms with E-state index in [9.17, 15) is 23.3 Å². The maximum Gasteiger partial charge on any atom is 0.573 e. The monoisotopic (exact) mass is 640 g/mol. The van der Waals surface area contributed by atoms with Crippen LogP contribution in [0, 0.1) is 10.1 Å². The van der Waals surface area contributed by atoms with E-state index in [0.29, 0.717) is 36.6 Å². The molecule has 46 heavy (non-hydrogen) atoms. The van der Waals surface area contributed by atoms with Crippen molar-refractivity contribution in [1.29, 1.82) is 0 Å². The minimum Gasteiger partial charge on any atom is -0.490 e. The van der Waals surface area contributed by atoms with Gasteiger partial charge in [0.15, 0.2) is 0 Å². The number of ether oxygens (including phenoxy) is 5. The Kier molecular flexibility index (Phi) is 9.04. The molecular formula is C32H31F3N4O7. The third kappa shape index (κ3) is 8.11. The first kappa shape index (κ1) is 30.9. The second kappa shape index (κ2) is 13.5. The summed E-state index contributed by atoms with van der Waals surface area (Å²) >= 11 is 0. The van der Waals surface area contributed by atoms with Gasteiger partial charge in [-0.1, -0.05) is 12.1 Å². The van der Waals surface area contributed by atoms with Crippen molar-refractivity contribution in [2.75, 3.05) is 24.6 Å². The van der Waals surface area contributed by atoms with Crippen LogP contribution in [0.4, 0.5) is 24.7 Å². The Labute approximate surface area is 262 Å². The lowest BCUT2D eigenvalue weighted by Gasteiger charge is -2.33. The van der Waals surface area contributed by atoms with Crippen LogP contribution in [0.3, 0.4) is 0 Å². The summed E-state index contributed by atoms with van der Waals surface area (Å²) in [5, 5.41) is 11.0. The van der Waals surface area contributed by atoms with E-state index in [-0.39, 0.29) is 36.4 Å². The largest absolute Gasteiger partial charge is 0.573 e. The number of rotatable bonds is 11. The van der Waals surface area contributed by atoms with Crippen LogP contribution in [0.5, 0.6) is 29.0 Å². The Hall–Kier alpha value is -5.14. The summed E-state index contributed by atoms with van der Waals surface area (Å²) in [6.45, 7) is 2.78. The van der Waals surface area contributed by atoms with E-state index in [1.165, 1.54) is 30.5 Å². The Balaban J connectivity index is 0.906. The van der Waals surface area contributed by atoms with E-state index in [1.54, 1.807) is 16.7 Å². The number of aryl methyl sites for hydroxylation is 1. The molecule has 0 amide bonds. The summed E-state index contributed by atoms with van der Waals surface area (Å²) in [6, 6.07) is 21.0. The molecule has 0 unspecified atom stereocenters. The molecule has 1 aromatic heterocycles. The number of benzene rings is 3. The molecule has 0 N–H and O–H groups in total. The molecule has 1 fully saturated rings. The number of aromatic nitrogens is 2. The second-order valence-corrected chi connectivity index (χ2v) is 10.9. The van der Waals surface area contributed by atoms with Gasteiger partial charge in [0.05, 0.1) is 0 Å². The molecule has 0 aliphatic carbocycles. The van der Waals surface area contributed by atoms with Crippen molar-refractivity contribution < 1.29 is 41.8 Å². The molecule has 6 rings (SSSR count). The number of piperidine rings is 1. The van der Waals surface area contributed by atoms with E-state index in [1.807, 2.05) is 36.4 Å². The number of nitrogens with zero attached hydrogens (tertiary/aromatic N) is 4. The molecule has 1 saturated heterocycles. The van der Waals surface area contributed by atoms with Gasteiger partial charge in [-0.05, 0) is 71.2 Å². The van der Waals surface area contributed by atoms with Crippen molar-refractivity contribution in [3.63, 3.8) is 0 Å². The highest BCUT2D eigenvalue weighted by Crippen LogP contribution is 2.28. The van der Waals surface area contributed by atoms with Crippen molar-refractivity contribution in [3.8, 4) is 29.0 Å². The summed E-state index contributed by atoms with van der Waals surface area (Å²) in [7, 11) is 0. The molecule has 11 nitrogen and oxygen atoms in total. The van der Waals surface area contributed by atoms with Crippen molar-refractivity contribution >= 4 is 11.5 Å². The van der Waals surface area contributed by atoms with Crippen LogP contribution < -0.4 is 28.6 Å². The normalized spacial score (nSPS) is 16.7. The molecule has 2 aliphatic heterocycles. The van der Waals surface area contributed by atoms with Crippen molar-refractivity contribution in [2.45, 2.75) is 51.0 Å². The Morgan fingerprint density at radius 2 is 1.48 bits per heavy atom. The quantitative estimate of drug-likeness (QED) is 0.133. The average molecular weight is 641 g/mol. The van der Waals surface area contributed by atoms with Gasteiger partial charge in [0.1, 0.15) is 54.6 Å². The number of alkyl halides is 3. The lowest BCUT2D eigenvalue weighted by molar-refractivity contribution is -0.389. The highest BCUT2D eigenvalue weighted by Gasteiger charge is 2.31. The van der Waals surface area contributed by atoms with Crippen molar-refractivity contribution in [2.24, 2.45) is 0 Å². The number of nitro groups is 1. The van der Waals surface area contributed by atoms with Crippen LogP contribution in [0.25, 0.3) is 0 Å². The number of halogens is 3. The van der Waals surface area contributed by atoms with Crippen LogP contribution >= 0.6 is 0 Å². The minimum absolute atomic E-state index is 0.0792. The van der Waals surface area contributed by atoms with Gasteiger partial charge >= 0.3 is 18.2 Å². The fourth-order valence-electron chi connectivity index (χ4n) is 5.27. The molecule has 0 saturated carbocycles. The summed E-state index contributed by atoms with van der Waals surface area (Å²) in [4.78, 5) is 16.6. The SMILES string of the molecule is O=[N+]([O-])c1cn2c(n1)O[C@@H](COc1ccc(N3CCC(Oc4ccc(OCc5ccc(OC(F)(F)F)cc5)cc4)CC3)cc1)CC2. The molecule has 0 bridgehead atoms. The van der Waals surface area contributed by atoms with E-state index >= 15 is 0 Å². The first-order valence-electron chi connectivity index (χ1n) is 14.8. The number of anilines is 1. The summed E-state index contributed by atoms with van der Waals surface area (Å²) < 4.78 is 66.1. The standard InChI is InChI=1S/C32H31F3N4O7/c33-32(34,35)46-28-5-1-22(2-6-28)20-42-25-9-11-26(12-10-25)44-27-13-16-37(17-14-27)23-3-7-24(8-4-23)43-21-29-15-18-38-19-30(39(40)41)36-31(38)45-29/h1-12,19,27,29H,13-18,20-21H2/t29-/m1/s1. The fraction of sp³-hybridized carbons (Fsp3) is 0.344. The number of imidazole rings is 1. The number of hydrogen-bond donors (Lipinski definition) is 0. The first-order chi connectivity index (χ1) is 22.2. The second-order valence-electron chi connectivity index (χ2n) is 10.9. The number of fused-ring (bicyclic) bond motifs is 1. The summed E-state index contributed by atoms with van der Waals surface area (Å²) in [6.07, 6.45) is -1.12.